The molecule has 0 unspecified atom stereocenters. The number of halogens is 1. The highest BCUT2D eigenvalue weighted by molar-refractivity contribution is 8.27. The van der Waals surface area contributed by atoms with E-state index in [1.54, 1.807) is 12.1 Å². The first-order valence-corrected chi connectivity index (χ1v) is 12.0. The molecule has 5 rings (SSSR count). The van der Waals surface area contributed by atoms with E-state index < -0.39 is 5.97 Å². The van der Waals surface area contributed by atoms with Gasteiger partial charge in [0, 0.05) is 34.2 Å². The van der Waals surface area contributed by atoms with Crippen molar-refractivity contribution in [2.45, 2.75) is 6.54 Å². The fraction of sp³-hybridized carbons (Fsp3) is 0.0385. The van der Waals surface area contributed by atoms with Gasteiger partial charge in [0.25, 0.3) is 5.91 Å². The van der Waals surface area contributed by atoms with E-state index in [1.165, 1.54) is 28.8 Å². The van der Waals surface area contributed by atoms with Gasteiger partial charge in [-0.15, -0.1) is 0 Å². The molecular weight excluding hydrogens is 488 g/mol. The second-order valence-electron chi connectivity index (χ2n) is 7.69. The van der Waals surface area contributed by atoms with Crippen LogP contribution >= 0.6 is 35.6 Å². The largest absolute Gasteiger partial charge is 0.478 e. The van der Waals surface area contributed by atoms with Crippen molar-refractivity contribution in [1.29, 1.82) is 0 Å². The average molecular weight is 505 g/mol. The van der Waals surface area contributed by atoms with Crippen LogP contribution in [0.2, 0.25) is 5.02 Å². The number of para-hydroxylation sites is 1. The zero-order valence-electron chi connectivity index (χ0n) is 17.6. The maximum absolute atomic E-state index is 13.3. The number of hydrogen-bond donors (Lipinski definition) is 1. The SMILES string of the molecule is O=C(O)c1cccc(N2C(=O)/C(=C\c3cn(Cc4ccccc4Cl)c4ccccc34)SC2=S)c1. The number of aromatic nitrogens is 1. The van der Waals surface area contributed by atoms with E-state index in [0.29, 0.717) is 26.5 Å². The number of benzene rings is 3. The standard InChI is InChI=1S/C26H17ClN2O3S2/c27-21-10-3-1-6-17(21)14-28-15-18(20-9-2-4-11-22(20)28)13-23-24(30)29(26(33)34-23)19-8-5-7-16(12-19)25(31)32/h1-13,15H,14H2,(H,31,32)/b23-13+. The number of carboxylic acids is 1. The summed E-state index contributed by atoms with van der Waals surface area (Å²) < 4.78 is 2.47. The predicted octanol–water partition coefficient (Wildman–Crippen LogP) is 6.45. The monoisotopic (exact) mass is 504 g/mol. The lowest BCUT2D eigenvalue weighted by Crippen LogP contribution is -2.27. The van der Waals surface area contributed by atoms with Crippen molar-refractivity contribution in [2.75, 3.05) is 4.90 Å². The molecule has 1 fully saturated rings. The number of thioether (sulfide) groups is 1. The zero-order chi connectivity index (χ0) is 23.8. The summed E-state index contributed by atoms with van der Waals surface area (Å²) in [7, 11) is 0. The number of carbonyl (C=O) groups is 2. The molecule has 5 nitrogen and oxygen atoms in total. The molecule has 1 aromatic heterocycles. The second-order valence-corrected chi connectivity index (χ2v) is 9.78. The van der Waals surface area contributed by atoms with Gasteiger partial charge in [0.1, 0.15) is 0 Å². The summed E-state index contributed by atoms with van der Waals surface area (Å²) in [6.45, 7) is 0.594. The molecule has 0 bridgehead atoms. The molecule has 1 amide bonds. The summed E-state index contributed by atoms with van der Waals surface area (Å²) in [5, 5.41) is 11.0. The van der Waals surface area contributed by atoms with Crippen molar-refractivity contribution in [3.63, 3.8) is 0 Å². The lowest BCUT2D eigenvalue weighted by atomic mass is 10.1. The minimum absolute atomic E-state index is 0.0955. The number of carbonyl (C=O) groups excluding carboxylic acids is 1. The van der Waals surface area contributed by atoms with Gasteiger partial charge in [-0.3, -0.25) is 9.69 Å². The molecule has 168 valence electrons. The van der Waals surface area contributed by atoms with Gasteiger partial charge in [-0.25, -0.2) is 4.79 Å². The molecule has 1 N–H and O–H groups in total. The Kier molecular flexibility index (Phi) is 6.00. The van der Waals surface area contributed by atoms with Crippen molar-refractivity contribution in [1.82, 2.24) is 4.57 Å². The molecule has 2 heterocycles. The lowest BCUT2D eigenvalue weighted by molar-refractivity contribution is -0.113. The van der Waals surface area contributed by atoms with Crippen LogP contribution in [0.1, 0.15) is 21.5 Å². The summed E-state index contributed by atoms with van der Waals surface area (Å²) >= 11 is 13.0. The molecule has 0 saturated carbocycles. The Morgan fingerprint density at radius 1 is 1.06 bits per heavy atom. The molecule has 0 spiro atoms. The molecule has 1 saturated heterocycles. The fourth-order valence-corrected chi connectivity index (χ4v) is 5.43. The molecule has 0 atom stereocenters. The van der Waals surface area contributed by atoms with Crippen LogP contribution < -0.4 is 4.90 Å². The number of rotatable bonds is 5. The number of carboxylic acid groups (broad SMARTS) is 1. The third kappa shape index (κ3) is 4.14. The van der Waals surface area contributed by atoms with E-state index in [9.17, 15) is 14.7 Å². The first-order valence-electron chi connectivity index (χ1n) is 10.3. The number of thiocarbonyl (C=S) groups is 1. The highest BCUT2D eigenvalue weighted by Crippen LogP contribution is 2.37. The van der Waals surface area contributed by atoms with Gasteiger partial charge in [0.2, 0.25) is 0 Å². The van der Waals surface area contributed by atoms with Crippen molar-refractivity contribution in [2.24, 2.45) is 0 Å². The predicted molar refractivity (Wildman–Crippen MR) is 142 cm³/mol. The first kappa shape index (κ1) is 22.4. The van der Waals surface area contributed by atoms with Crippen LogP contribution in [-0.4, -0.2) is 25.9 Å². The van der Waals surface area contributed by atoms with Crippen LogP contribution in [0.4, 0.5) is 5.69 Å². The Labute approximate surface area is 210 Å². The number of nitrogens with zero attached hydrogens (tertiary/aromatic N) is 2. The van der Waals surface area contributed by atoms with Gasteiger partial charge in [-0.1, -0.05) is 78.0 Å². The van der Waals surface area contributed by atoms with Crippen LogP contribution in [0.3, 0.4) is 0 Å². The number of anilines is 1. The lowest BCUT2D eigenvalue weighted by Gasteiger charge is -2.14. The van der Waals surface area contributed by atoms with Crippen molar-refractivity contribution in [3.8, 4) is 0 Å². The van der Waals surface area contributed by atoms with Gasteiger partial charge in [-0.2, -0.15) is 0 Å². The summed E-state index contributed by atoms with van der Waals surface area (Å²) in [5.74, 6) is -1.34. The van der Waals surface area contributed by atoms with E-state index in [2.05, 4.69) is 4.57 Å². The van der Waals surface area contributed by atoms with Crippen LogP contribution in [-0.2, 0) is 11.3 Å². The normalized spacial score (nSPS) is 15.0. The third-order valence-electron chi connectivity index (χ3n) is 5.55. The molecule has 4 aromatic rings. The minimum Gasteiger partial charge on any atom is -0.478 e. The molecule has 3 aromatic carbocycles. The molecular formula is C26H17ClN2O3S2. The van der Waals surface area contributed by atoms with E-state index in [0.717, 1.165) is 22.0 Å². The van der Waals surface area contributed by atoms with Crippen molar-refractivity contribution in [3.05, 3.63) is 106 Å². The summed E-state index contributed by atoms with van der Waals surface area (Å²) in [5.41, 5.74) is 3.45. The molecule has 1 aliphatic rings. The number of amides is 1. The van der Waals surface area contributed by atoms with Crippen LogP contribution in [0, 0.1) is 0 Å². The highest BCUT2D eigenvalue weighted by atomic mass is 35.5. The van der Waals surface area contributed by atoms with Gasteiger partial charge >= 0.3 is 5.97 Å². The van der Waals surface area contributed by atoms with Gasteiger partial charge < -0.3 is 9.67 Å². The fourth-order valence-electron chi connectivity index (χ4n) is 3.94. The Bertz CT molecular complexity index is 1510. The molecule has 34 heavy (non-hydrogen) atoms. The molecule has 0 aliphatic carbocycles. The summed E-state index contributed by atoms with van der Waals surface area (Å²) in [6, 6.07) is 21.9. The quantitative estimate of drug-likeness (QED) is 0.250. The second kappa shape index (κ2) is 9.10. The Hall–Kier alpha value is -3.39. The Morgan fingerprint density at radius 2 is 1.82 bits per heavy atom. The zero-order valence-corrected chi connectivity index (χ0v) is 20.0. The average Bonchev–Trinajstić information content (AvgIpc) is 3.31. The van der Waals surface area contributed by atoms with Crippen LogP contribution in [0.5, 0.6) is 0 Å². The summed E-state index contributed by atoms with van der Waals surface area (Å²) in [4.78, 5) is 26.5. The van der Waals surface area contributed by atoms with Crippen LogP contribution in [0.25, 0.3) is 17.0 Å². The van der Waals surface area contributed by atoms with Gasteiger partial charge in [0.15, 0.2) is 4.32 Å². The first-order chi connectivity index (χ1) is 16.4. The van der Waals surface area contributed by atoms with Crippen molar-refractivity contribution >= 4 is 74.4 Å². The van der Waals surface area contributed by atoms with Gasteiger partial charge in [-0.05, 0) is 42.0 Å². The highest BCUT2D eigenvalue weighted by Gasteiger charge is 2.33. The number of aromatic carboxylic acids is 1. The van der Waals surface area contributed by atoms with Gasteiger partial charge in [0.05, 0.1) is 16.2 Å². The number of hydrogen-bond acceptors (Lipinski definition) is 4. The van der Waals surface area contributed by atoms with Crippen LogP contribution in [0.15, 0.2) is 83.9 Å². The van der Waals surface area contributed by atoms with E-state index in [-0.39, 0.29) is 11.5 Å². The smallest absolute Gasteiger partial charge is 0.335 e. The maximum atomic E-state index is 13.3. The van der Waals surface area contributed by atoms with E-state index in [4.69, 9.17) is 23.8 Å². The molecule has 8 heteroatoms. The van der Waals surface area contributed by atoms with E-state index in [1.807, 2.05) is 60.8 Å². The molecule has 0 radical (unpaired) electrons. The Balaban J connectivity index is 1.52. The van der Waals surface area contributed by atoms with Crippen molar-refractivity contribution < 1.29 is 14.7 Å². The number of fused-ring (bicyclic) bond motifs is 1. The maximum Gasteiger partial charge on any atom is 0.335 e. The third-order valence-corrected chi connectivity index (χ3v) is 7.22. The Morgan fingerprint density at radius 3 is 2.62 bits per heavy atom. The topological polar surface area (TPSA) is 62.5 Å². The minimum atomic E-state index is -1.06. The van der Waals surface area contributed by atoms with E-state index >= 15 is 0 Å². The molecule has 1 aliphatic heterocycles. The summed E-state index contributed by atoms with van der Waals surface area (Å²) in [6.07, 6.45) is 3.84.